The summed E-state index contributed by atoms with van der Waals surface area (Å²) in [6.45, 7) is 2.95. The second kappa shape index (κ2) is 5.07. The van der Waals surface area contributed by atoms with Gasteiger partial charge in [0.25, 0.3) is 0 Å². The van der Waals surface area contributed by atoms with Gasteiger partial charge in [-0.2, -0.15) is 0 Å². The Labute approximate surface area is 111 Å². The molecule has 0 aliphatic carbocycles. The van der Waals surface area contributed by atoms with Crippen LogP contribution in [0.15, 0.2) is 0 Å². The fourth-order valence-electron chi connectivity index (χ4n) is 2.63. The highest BCUT2D eigenvalue weighted by Gasteiger charge is 2.45. The molecule has 7 heteroatoms. The van der Waals surface area contributed by atoms with Gasteiger partial charge in [0, 0.05) is 26.1 Å². The van der Waals surface area contributed by atoms with Crippen molar-refractivity contribution in [1.82, 2.24) is 15.5 Å². The van der Waals surface area contributed by atoms with Gasteiger partial charge in [0.1, 0.15) is 0 Å². The summed E-state index contributed by atoms with van der Waals surface area (Å²) in [6, 6.07) is -0.473. The van der Waals surface area contributed by atoms with Gasteiger partial charge < -0.3 is 20.6 Å². The normalized spacial score (nSPS) is 30.3. The Kier molecular flexibility index (Phi) is 3.64. The number of likely N-dealkylation sites (tertiary alicyclic amines) is 1. The lowest BCUT2D eigenvalue weighted by Crippen LogP contribution is -2.46. The number of carboxylic acids is 1. The van der Waals surface area contributed by atoms with Crippen molar-refractivity contribution in [2.24, 2.45) is 5.41 Å². The number of nitrogens with zero attached hydrogens (tertiary/aromatic N) is 1. The molecule has 2 aliphatic rings. The number of carbonyl (C=O) groups is 3. The van der Waals surface area contributed by atoms with Crippen molar-refractivity contribution in [2.75, 3.05) is 19.6 Å². The van der Waals surface area contributed by atoms with Gasteiger partial charge >= 0.3 is 12.0 Å². The van der Waals surface area contributed by atoms with Crippen LogP contribution in [0.1, 0.15) is 26.2 Å². The molecule has 106 valence electrons. The third-order valence-electron chi connectivity index (χ3n) is 4.08. The maximum Gasteiger partial charge on any atom is 0.317 e. The molecule has 7 nitrogen and oxygen atoms in total. The van der Waals surface area contributed by atoms with Crippen LogP contribution in [0.25, 0.3) is 0 Å². The maximum atomic E-state index is 12.0. The lowest BCUT2D eigenvalue weighted by Gasteiger charge is -2.24. The van der Waals surface area contributed by atoms with Crippen LogP contribution in [0, 0.1) is 5.41 Å². The number of carbonyl (C=O) groups excluding carboxylic acids is 2. The molecule has 3 N–H and O–H groups in total. The molecule has 2 fully saturated rings. The Balaban J connectivity index is 1.91. The number of urea groups is 1. The second-order valence-corrected chi connectivity index (χ2v) is 5.27. The van der Waals surface area contributed by atoms with Crippen LogP contribution in [-0.2, 0) is 9.59 Å². The molecule has 2 heterocycles. The van der Waals surface area contributed by atoms with E-state index in [0.29, 0.717) is 25.9 Å². The molecule has 0 saturated carbocycles. The SMILES string of the molecule is CCC1(C(=O)O)CCN(C(=O)NC2CNC(=O)C2)C1. The molecule has 0 spiro atoms. The first-order valence-corrected chi connectivity index (χ1v) is 6.52. The Bertz CT molecular complexity index is 412. The monoisotopic (exact) mass is 269 g/mol. The second-order valence-electron chi connectivity index (χ2n) is 5.27. The molecule has 0 radical (unpaired) electrons. The van der Waals surface area contributed by atoms with E-state index in [-0.39, 0.29) is 30.9 Å². The van der Waals surface area contributed by atoms with Gasteiger partial charge in [-0.1, -0.05) is 6.92 Å². The number of rotatable bonds is 3. The molecule has 2 atom stereocenters. The smallest absolute Gasteiger partial charge is 0.317 e. The predicted octanol–water partition coefficient (Wildman–Crippen LogP) is -0.229. The minimum atomic E-state index is -0.844. The van der Waals surface area contributed by atoms with Gasteiger partial charge in [-0.25, -0.2) is 4.79 Å². The Hall–Kier alpha value is -1.79. The minimum Gasteiger partial charge on any atom is -0.481 e. The molecule has 0 aromatic carbocycles. The lowest BCUT2D eigenvalue weighted by molar-refractivity contribution is -0.148. The fourth-order valence-corrected chi connectivity index (χ4v) is 2.63. The summed E-state index contributed by atoms with van der Waals surface area (Å²) in [5.74, 6) is -0.914. The average Bonchev–Trinajstić information content (AvgIpc) is 2.96. The largest absolute Gasteiger partial charge is 0.481 e. The summed E-state index contributed by atoms with van der Waals surface area (Å²) in [5, 5.41) is 14.7. The first-order valence-electron chi connectivity index (χ1n) is 6.52. The zero-order valence-electron chi connectivity index (χ0n) is 10.9. The average molecular weight is 269 g/mol. The van der Waals surface area contributed by atoms with E-state index in [1.165, 1.54) is 4.90 Å². The standard InChI is InChI=1S/C12H19N3O4/c1-2-12(10(17)18)3-4-15(7-12)11(19)14-8-5-9(16)13-6-8/h8H,2-7H2,1H3,(H,13,16)(H,14,19)(H,17,18). The third kappa shape index (κ3) is 2.64. The summed E-state index contributed by atoms with van der Waals surface area (Å²) in [5.41, 5.74) is -0.818. The van der Waals surface area contributed by atoms with Gasteiger partial charge in [0.2, 0.25) is 5.91 Å². The number of amides is 3. The number of hydrogen-bond donors (Lipinski definition) is 3. The molecule has 19 heavy (non-hydrogen) atoms. The van der Waals surface area contributed by atoms with Crippen LogP contribution in [0.3, 0.4) is 0 Å². The summed E-state index contributed by atoms with van der Waals surface area (Å²) >= 11 is 0. The van der Waals surface area contributed by atoms with E-state index >= 15 is 0 Å². The van der Waals surface area contributed by atoms with Crippen molar-refractivity contribution in [3.8, 4) is 0 Å². The first kappa shape index (κ1) is 13.6. The molecule has 3 amide bonds. The molecule has 2 saturated heterocycles. The molecular formula is C12H19N3O4. The molecular weight excluding hydrogens is 250 g/mol. The summed E-state index contributed by atoms with van der Waals surface area (Å²) in [4.78, 5) is 35.9. The highest BCUT2D eigenvalue weighted by molar-refractivity contribution is 5.82. The van der Waals surface area contributed by atoms with E-state index in [0.717, 1.165) is 0 Å². The summed E-state index contributed by atoms with van der Waals surface area (Å²) in [6.07, 6.45) is 1.28. The van der Waals surface area contributed by atoms with E-state index in [1.54, 1.807) is 0 Å². The van der Waals surface area contributed by atoms with E-state index in [4.69, 9.17) is 0 Å². The summed E-state index contributed by atoms with van der Waals surface area (Å²) in [7, 11) is 0. The molecule has 0 aromatic heterocycles. The molecule has 2 aliphatic heterocycles. The third-order valence-corrected chi connectivity index (χ3v) is 4.08. The van der Waals surface area contributed by atoms with E-state index in [2.05, 4.69) is 10.6 Å². The topological polar surface area (TPSA) is 98.7 Å². The number of nitrogens with one attached hydrogen (secondary N) is 2. The van der Waals surface area contributed by atoms with Crippen molar-refractivity contribution >= 4 is 17.9 Å². The Morgan fingerprint density at radius 1 is 1.58 bits per heavy atom. The molecule has 2 unspecified atom stereocenters. The van der Waals surface area contributed by atoms with Crippen molar-refractivity contribution in [3.05, 3.63) is 0 Å². The number of aliphatic carboxylic acids is 1. The van der Waals surface area contributed by atoms with Crippen LogP contribution in [-0.4, -0.2) is 53.6 Å². The number of hydrogen-bond acceptors (Lipinski definition) is 3. The van der Waals surface area contributed by atoms with Crippen molar-refractivity contribution in [2.45, 2.75) is 32.2 Å². The Morgan fingerprint density at radius 3 is 2.79 bits per heavy atom. The van der Waals surface area contributed by atoms with Crippen molar-refractivity contribution < 1.29 is 19.5 Å². The van der Waals surface area contributed by atoms with Crippen molar-refractivity contribution in [3.63, 3.8) is 0 Å². The van der Waals surface area contributed by atoms with Gasteiger partial charge in [-0.15, -0.1) is 0 Å². The highest BCUT2D eigenvalue weighted by Crippen LogP contribution is 2.34. The van der Waals surface area contributed by atoms with E-state index in [9.17, 15) is 19.5 Å². The highest BCUT2D eigenvalue weighted by atomic mass is 16.4. The van der Waals surface area contributed by atoms with Gasteiger partial charge in [0.15, 0.2) is 0 Å². The molecule has 0 aromatic rings. The lowest BCUT2D eigenvalue weighted by atomic mass is 9.84. The quantitative estimate of drug-likeness (QED) is 0.659. The molecule has 0 bridgehead atoms. The first-order chi connectivity index (χ1) is 8.97. The van der Waals surface area contributed by atoms with Crippen LogP contribution in [0.4, 0.5) is 4.79 Å². The van der Waals surface area contributed by atoms with Crippen LogP contribution in [0.5, 0.6) is 0 Å². The zero-order valence-corrected chi connectivity index (χ0v) is 10.9. The molecule has 2 rings (SSSR count). The van der Waals surface area contributed by atoms with E-state index < -0.39 is 11.4 Å². The van der Waals surface area contributed by atoms with Crippen molar-refractivity contribution in [1.29, 1.82) is 0 Å². The maximum absolute atomic E-state index is 12.0. The van der Waals surface area contributed by atoms with E-state index in [1.807, 2.05) is 6.92 Å². The fraction of sp³-hybridized carbons (Fsp3) is 0.750. The summed E-state index contributed by atoms with van der Waals surface area (Å²) < 4.78 is 0. The predicted molar refractivity (Wildman–Crippen MR) is 66.5 cm³/mol. The van der Waals surface area contributed by atoms with Gasteiger partial charge in [-0.05, 0) is 12.8 Å². The van der Waals surface area contributed by atoms with Gasteiger partial charge in [-0.3, -0.25) is 9.59 Å². The number of carboxylic acid groups (broad SMARTS) is 1. The minimum absolute atomic E-state index is 0.0693. The van der Waals surface area contributed by atoms with Gasteiger partial charge in [0.05, 0.1) is 11.5 Å². The Morgan fingerprint density at radius 2 is 2.32 bits per heavy atom. The van der Waals surface area contributed by atoms with Crippen LogP contribution in [0.2, 0.25) is 0 Å². The van der Waals surface area contributed by atoms with Crippen LogP contribution < -0.4 is 10.6 Å². The van der Waals surface area contributed by atoms with Crippen LogP contribution >= 0.6 is 0 Å². The zero-order chi connectivity index (χ0) is 14.0.